The molecule has 2 unspecified atom stereocenters. The summed E-state index contributed by atoms with van der Waals surface area (Å²) in [6.45, 7) is 2.89. The highest BCUT2D eigenvalue weighted by Crippen LogP contribution is 2.42. The van der Waals surface area contributed by atoms with E-state index in [0.717, 1.165) is 30.2 Å². The van der Waals surface area contributed by atoms with Crippen LogP contribution in [0.4, 0.5) is 4.39 Å². The third kappa shape index (κ3) is 4.55. The number of amides is 1. The maximum absolute atomic E-state index is 14.0. The standard InChI is InChI=1S/C19H26BrFN2O.ClH/c1-2-23(11-15-10-16(20)6-7-17(15)21)19(24)14-8-12-4-3-5-13(9-14)18(12)22;/h6-7,10,12-14,18H,2-5,8-9,11,22H2,1H3;1H. The van der Waals surface area contributed by atoms with E-state index in [1.165, 1.54) is 12.5 Å². The predicted molar refractivity (Wildman–Crippen MR) is 104 cm³/mol. The average Bonchev–Trinajstić information content (AvgIpc) is 2.55. The maximum atomic E-state index is 14.0. The molecule has 2 aliphatic carbocycles. The van der Waals surface area contributed by atoms with Gasteiger partial charge in [0.05, 0.1) is 0 Å². The van der Waals surface area contributed by atoms with Gasteiger partial charge in [-0.15, -0.1) is 12.4 Å². The number of benzene rings is 1. The van der Waals surface area contributed by atoms with Crippen molar-refractivity contribution in [3.05, 3.63) is 34.1 Å². The molecule has 0 aliphatic heterocycles. The van der Waals surface area contributed by atoms with E-state index in [1.54, 1.807) is 17.0 Å². The first kappa shape index (κ1) is 20.7. The number of fused-ring (bicyclic) bond motifs is 2. The van der Waals surface area contributed by atoms with E-state index in [2.05, 4.69) is 15.9 Å². The van der Waals surface area contributed by atoms with Crippen molar-refractivity contribution in [1.29, 1.82) is 0 Å². The summed E-state index contributed by atoms with van der Waals surface area (Å²) in [6, 6.07) is 5.15. The Kier molecular flexibility index (Phi) is 7.29. The highest BCUT2D eigenvalue weighted by molar-refractivity contribution is 9.10. The summed E-state index contributed by atoms with van der Waals surface area (Å²) in [5.74, 6) is 0.920. The molecule has 3 rings (SSSR count). The van der Waals surface area contributed by atoms with Crippen molar-refractivity contribution in [2.24, 2.45) is 23.5 Å². The van der Waals surface area contributed by atoms with Gasteiger partial charge in [-0.1, -0.05) is 22.4 Å². The van der Waals surface area contributed by atoms with E-state index in [9.17, 15) is 9.18 Å². The predicted octanol–water partition coefficient (Wildman–Crippen LogP) is 4.51. The molecule has 3 nitrogen and oxygen atoms in total. The normalized spacial score (nSPS) is 28.2. The first-order valence-electron chi connectivity index (χ1n) is 8.98. The summed E-state index contributed by atoms with van der Waals surface area (Å²) in [5, 5.41) is 0. The molecule has 1 aromatic rings. The van der Waals surface area contributed by atoms with Crippen molar-refractivity contribution >= 4 is 34.2 Å². The van der Waals surface area contributed by atoms with E-state index in [0.29, 0.717) is 30.5 Å². The summed E-state index contributed by atoms with van der Waals surface area (Å²) >= 11 is 3.38. The van der Waals surface area contributed by atoms with Crippen molar-refractivity contribution in [1.82, 2.24) is 4.90 Å². The van der Waals surface area contributed by atoms with Gasteiger partial charge in [0, 0.05) is 35.1 Å². The van der Waals surface area contributed by atoms with Gasteiger partial charge in [-0.05, 0) is 62.6 Å². The summed E-state index contributed by atoms with van der Waals surface area (Å²) in [5.41, 5.74) is 6.90. The zero-order valence-electron chi connectivity index (χ0n) is 14.6. The average molecular weight is 434 g/mol. The molecule has 2 saturated carbocycles. The van der Waals surface area contributed by atoms with Crippen LogP contribution in [0, 0.1) is 23.6 Å². The zero-order chi connectivity index (χ0) is 17.3. The first-order valence-corrected chi connectivity index (χ1v) is 9.77. The first-order chi connectivity index (χ1) is 11.5. The van der Waals surface area contributed by atoms with E-state index in [-0.39, 0.29) is 36.1 Å². The molecule has 6 heteroatoms. The molecule has 2 aliphatic rings. The summed E-state index contributed by atoms with van der Waals surface area (Å²) in [4.78, 5) is 14.8. The monoisotopic (exact) mass is 432 g/mol. The lowest BCUT2D eigenvalue weighted by molar-refractivity contribution is -0.139. The quantitative estimate of drug-likeness (QED) is 0.759. The summed E-state index contributed by atoms with van der Waals surface area (Å²) < 4.78 is 14.9. The van der Waals surface area contributed by atoms with Crippen LogP contribution in [0.2, 0.25) is 0 Å². The van der Waals surface area contributed by atoms with Gasteiger partial charge >= 0.3 is 0 Å². The number of halogens is 3. The molecule has 1 amide bonds. The second-order valence-electron chi connectivity index (χ2n) is 7.28. The van der Waals surface area contributed by atoms with Crippen LogP contribution in [0.1, 0.15) is 44.6 Å². The molecule has 2 fully saturated rings. The Morgan fingerprint density at radius 3 is 2.56 bits per heavy atom. The van der Waals surface area contributed by atoms with Crippen LogP contribution in [-0.2, 0) is 11.3 Å². The van der Waals surface area contributed by atoms with Crippen LogP contribution in [0.15, 0.2) is 22.7 Å². The number of hydrogen-bond donors (Lipinski definition) is 1. The van der Waals surface area contributed by atoms with Crippen LogP contribution in [0.3, 0.4) is 0 Å². The maximum Gasteiger partial charge on any atom is 0.225 e. The molecule has 1 aromatic carbocycles. The lowest BCUT2D eigenvalue weighted by Crippen LogP contribution is -2.49. The molecule has 0 radical (unpaired) electrons. The molecule has 2 N–H and O–H groups in total. The molecule has 0 spiro atoms. The van der Waals surface area contributed by atoms with Crippen molar-refractivity contribution in [3.8, 4) is 0 Å². The van der Waals surface area contributed by atoms with Gasteiger partial charge in [0.2, 0.25) is 5.91 Å². The lowest BCUT2D eigenvalue weighted by atomic mass is 9.65. The molecule has 25 heavy (non-hydrogen) atoms. The minimum atomic E-state index is -0.257. The minimum Gasteiger partial charge on any atom is -0.338 e. The van der Waals surface area contributed by atoms with Gasteiger partial charge in [-0.2, -0.15) is 0 Å². The van der Waals surface area contributed by atoms with Gasteiger partial charge in [0.15, 0.2) is 0 Å². The van der Waals surface area contributed by atoms with Crippen LogP contribution in [-0.4, -0.2) is 23.4 Å². The fraction of sp³-hybridized carbons (Fsp3) is 0.632. The van der Waals surface area contributed by atoms with Crippen molar-refractivity contribution in [2.45, 2.75) is 51.6 Å². The Morgan fingerprint density at radius 1 is 1.32 bits per heavy atom. The smallest absolute Gasteiger partial charge is 0.225 e. The van der Waals surface area contributed by atoms with Crippen LogP contribution in [0.5, 0.6) is 0 Å². The number of nitrogens with zero attached hydrogens (tertiary/aromatic N) is 1. The highest BCUT2D eigenvalue weighted by atomic mass is 79.9. The number of hydrogen-bond acceptors (Lipinski definition) is 2. The molecular formula is C19H27BrClFN2O. The van der Waals surface area contributed by atoms with E-state index >= 15 is 0 Å². The summed E-state index contributed by atoms with van der Waals surface area (Å²) in [7, 11) is 0. The fourth-order valence-electron chi connectivity index (χ4n) is 4.46. The Labute approximate surface area is 164 Å². The van der Waals surface area contributed by atoms with Crippen LogP contribution < -0.4 is 5.73 Å². The molecule has 2 atom stereocenters. The minimum absolute atomic E-state index is 0. The second kappa shape index (κ2) is 8.83. The Balaban J connectivity index is 0.00000225. The molecule has 0 aromatic heterocycles. The third-order valence-corrected chi connectivity index (χ3v) is 6.32. The van der Waals surface area contributed by atoms with Gasteiger partial charge in [0.1, 0.15) is 5.82 Å². The number of carbonyl (C=O) groups excluding carboxylic acids is 1. The Bertz CT molecular complexity index is 601. The fourth-order valence-corrected chi connectivity index (χ4v) is 4.87. The largest absolute Gasteiger partial charge is 0.338 e. The van der Waals surface area contributed by atoms with Crippen LogP contribution >= 0.6 is 28.3 Å². The van der Waals surface area contributed by atoms with Crippen molar-refractivity contribution in [3.63, 3.8) is 0 Å². The third-order valence-electron chi connectivity index (χ3n) is 5.82. The number of carbonyl (C=O) groups is 1. The molecule has 140 valence electrons. The van der Waals surface area contributed by atoms with E-state index in [4.69, 9.17) is 5.73 Å². The van der Waals surface area contributed by atoms with Gasteiger partial charge in [0.25, 0.3) is 0 Å². The lowest BCUT2D eigenvalue weighted by Gasteiger charge is -2.44. The number of rotatable bonds is 4. The van der Waals surface area contributed by atoms with Crippen LogP contribution in [0.25, 0.3) is 0 Å². The summed E-state index contributed by atoms with van der Waals surface area (Å²) in [6.07, 6.45) is 5.33. The van der Waals surface area contributed by atoms with Gasteiger partial charge in [-0.3, -0.25) is 4.79 Å². The highest BCUT2D eigenvalue weighted by Gasteiger charge is 2.41. The van der Waals surface area contributed by atoms with Crippen molar-refractivity contribution < 1.29 is 9.18 Å². The molecule has 0 heterocycles. The SMILES string of the molecule is CCN(Cc1cc(Br)ccc1F)C(=O)C1CC2CCCC(C1)C2N.Cl. The molecular weight excluding hydrogens is 407 g/mol. The van der Waals surface area contributed by atoms with Gasteiger partial charge in [-0.25, -0.2) is 4.39 Å². The number of nitrogens with two attached hydrogens (primary N) is 1. The Morgan fingerprint density at radius 2 is 1.96 bits per heavy atom. The molecule has 2 bridgehead atoms. The van der Waals surface area contributed by atoms with Gasteiger partial charge < -0.3 is 10.6 Å². The van der Waals surface area contributed by atoms with E-state index < -0.39 is 0 Å². The Hall–Kier alpha value is -0.650. The van der Waals surface area contributed by atoms with Crippen molar-refractivity contribution in [2.75, 3.05) is 6.54 Å². The topological polar surface area (TPSA) is 46.3 Å². The zero-order valence-corrected chi connectivity index (χ0v) is 17.0. The molecule has 0 saturated heterocycles. The van der Waals surface area contributed by atoms with E-state index in [1.807, 2.05) is 6.92 Å². The second-order valence-corrected chi connectivity index (χ2v) is 8.20.